The standard InChI is InChI=1S/C16H25N3O4/c20-14(10-2-1-3-10)17-13-8-19(9-13)16(23)18-12-6-4-11(5-7-12)15(21)22/h10-13H,1-9H2,(H,17,20)(H,18,23)(H,21,22). The van der Waals surface area contributed by atoms with Gasteiger partial charge < -0.3 is 20.6 Å². The lowest BCUT2D eigenvalue weighted by atomic mass is 9.84. The quantitative estimate of drug-likeness (QED) is 0.717. The molecule has 3 aliphatic rings. The van der Waals surface area contributed by atoms with Crippen LogP contribution in [-0.4, -0.2) is 53.1 Å². The topological polar surface area (TPSA) is 98.7 Å². The number of aliphatic carboxylic acids is 1. The van der Waals surface area contributed by atoms with Crippen molar-refractivity contribution < 1.29 is 19.5 Å². The van der Waals surface area contributed by atoms with Crippen molar-refractivity contribution in [3.05, 3.63) is 0 Å². The first-order chi connectivity index (χ1) is 11.0. The summed E-state index contributed by atoms with van der Waals surface area (Å²) in [7, 11) is 0. The number of carboxylic acid groups (broad SMARTS) is 1. The minimum absolute atomic E-state index is 0.0710. The molecule has 0 aromatic carbocycles. The molecule has 3 N–H and O–H groups in total. The van der Waals surface area contributed by atoms with Crippen LogP contribution >= 0.6 is 0 Å². The molecular formula is C16H25N3O4. The van der Waals surface area contributed by atoms with Gasteiger partial charge in [-0.05, 0) is 38.5 Å². The van der Waals surface area contributed by atoms with Gasteiger partial charge in [0.15, 0.2) is 0 Å². The van der Waals surface area contributed by atoms with Gasteiger partial charge in [0.25, 0.3) is 0 Å². The Morgan fingerprint density at radius 3 is 2.00 bits per heavy atom. The van der Waals surface area contributed by atoms with Gasteiger partial charge in [-0.15, -0.1) is 0 Å². The molecule has 7 heteroatoms. The lowest BCUT2D eigenvalue weighted by Gasteiger charge is -2.41. The van der Waals surface area contributed by atoms with Gasteiger partial charge in [0, 0.05) is 25.0 Å². The molecular weight excluding hydrogens is 298 g/mol. The molecule has 1 heterocycles. The molecule has 1 saturated heterocycles. The Morgan fingerprint density at radius 1 is 0.826 bits per heavy atom. The van der Waals surface area contributed by atoms with Gasteiger partial charge in [0.2, 0.25) is 5.91 Å². The van der Waals surface area contributed by atoms with Gasteiger partial charge in [-0.25, -0.2) is 4.79 Å². The summed E-state index contributed by atoms with van der Waals surface area (Å²) < 4.78 is 0. The van der Waals surface area contributed by atoms with Crippen molar-refractivity contribution in [3.8, 4) is 0 Å². The maximum absolute atomic E-state index is 12.1. The number of amides is 3. The van der Waals surface area contributed by atoms with E-state index in [4.69, 9.17) is 5.11 Å². The lowest BCUT2D eigenvalue weighted by molar-refractivity contribution is -0.142. The van der Waals surface area contributed by atoms with E-state index in [0.717, 1.165) is 32.1 Å². The largest absolute Gasteiger partial charge is 0.481 e. The van der Waals surface area contributed by atoms with Gasteiger partial charge in [-0.3, -0.25) is 9.59 Å². The number of hydrogen-bond donors (Lipinski definition) is 3. The van der Waals surface area contributed by atoms with Gasteiger partial charge in [0.1, 0.15) is 0 Å². The molecule has 2 saturated carbocycles. The van der Waals surface area contributed by atoms with E-state index in [1.807, 2.05) is 0 Å². The van der Waals surface area contributed by atoms with Crippen LogP contribution in [0.25, 0.3) is 0 Å². The molecule has 3 amide bonds. The van der Waals surface area contributed by atoms with Crippen molar-refractivity contribution in [3.63, 3.8) is 0 Å². The second kappa shape index (κ2) is 6.76. The first kappa shape index (κ1) is 16.1. The molecule has 0 atom stereocenters. The van der Waals surface area contributed by atoms with E-state index in [0.29, 0.717) is 25.9 Å². The molecule has 0 spiro atoms. The van der Waals surface area contributed by atoms with Gasteiger partial charge in [-0.2, -0.15) is 0 Å². The first-order valence-corrected chi connectivity index (χ1v) is 8.61. The minimum atomic E-state index is -0.734. The molecule has 1 aliphatic heterocycles. The smallest absolute Gasteiger partial charge is 0.317 e. The van der Waals surface area contributed by atoms with E-state index in [1.54, 1.807) is 4.90 Å². The van der Waals surface area contributed by atoms with Crippen molar-refractivity contribution in [2.45, 2.75) is 57.0 Å². The summed E-state index contributed by atoms with van der Waals surface area (Å²) in [5.74, 6) is -0.684. The zero-order chi connectivity index (χ0) is 16.4. The average molecular weight is 323 g/mol. The van der Waals surface area contributed by atoms with Gasteiger partial charge >= 0.3 is 12.0 Å². The molecule has 3 rings (SSSR count). The SMILES string of the molecule is O=C(O)C1CCC(NC(=O)N2CC(NC(=O)C3CCC3)C2)CC1. The number of carboxylic acids is 1. The molecule has 0 aromatic rings. The van der Waals surface area contributed by atoms with Crippen molar-refractivity contribution in [2.24, 2.45) is 11.8 Å². The molecule has 23 heavy (non-hydrogen) atoms. The van der Waals surface area contributed by atoms with Crippen molar-refractivity contribution in [1.29, 1.82) is 0 Å². The number of nitrogens with one attached hydrogen (secondary N) is 2. The zero-order valence-electron chi connectivity index (χ0n) is 13.3. The highest BCUT2D eigenvalue weighted by atomic mass is 16.4. The van der Waals surface area contributed by atoms with E-state index < -0.39 is 5.97 Å². The van der Waals surface area contributed by atoms with Crippen LogP contribution in [0.2, 0.25) is 0 Å². The lowest BCUT2D eigenvalue weighted by Crippen LogP contribution is -2.64. The van der Waals surface area contributed by atoms with Crippen LogP contribution in [0.5, 0.6) is 0 Å². The fourth-order valence-corrected chi connectivity index (χ4v) is 3.48. The van der Waals surface area contributed by atoms with Gasteiger partial charge in [0.05, 0.1) is 12.0 Å². The third-order valence-electron chi connectivity index (χ3n) is 5.40. The molecule has 0 bridgehead atoms. The number of urea groups is 1. The fourth-order valence-electron chi connectivity index (χ4n) is 3.48. The normalized spacial score (nSPS) is 28.4. The monoisotopic (exact) mass is 323 g/mol. The third-order valence-corrected chi connectivity index (χ3v) is 5.40. The Labute approximate surface area is 135 Å². The molecule has 0 unspecified atom stereocenters. The third kappa shape index (κ3) is 3.76. The van der Waals surface area contributed by atoms with Crippen LogP contribution in [0.3, 0.4) is 0 Å². The van der Waals surface area contributed by atoms with Crippen LogP contribution in [0.15, 0.2) is 0 Å². The second-order valence-corrected chi connectivity index (χ2v) is 7.07. The van der Waals surface area contributed by atoms with Crippen molar-refractivity contribution in [1.82, 2.24) is 15.5 Å². The van der Waals surface area contributed by atoms with E-state index in [9.17, 15) is 14.4 Å². The Kier molecular flexibility index (Phi) is 4.73. The molecule has 128 valence electrons. The van der Waals surface area contributed by atoms with Crippen LogP contribution in [0, 0.1) is 11.8 Å². The van der Waals surface area contributed by atoms with E-state index in [1.165, 1.54) is 0 Å². The van der Waals surface area contributed by atoms with E-state index in [-0.39, 0.29) is 35.9 Å². The van der Waals surface area contributed by atoms with E-state index >= 15 is 0 Å². The summed E-state index contributed by atoms with van der Waals surface area (Å²) in [5.41, 5.74) is 0. The van der Waals surface area contributed by atoms with Crippen LogP contribution in [-0.2, 0) is 9.59 Å². The summed E-state index contributed by atoms with van der Waals surface area (Å²) in [6, 6.07) is 0.0521. The maximum atomic E-state index is 12.1. The minimum Gasteiger partial charge on any atom is -0.481 e. The average Bonchev–Trinajstić information content (AvgIpc) is 2.40. The summed E-state index contributed by atoms with van der Waals surface area (Å²) in [4.78, 5) is 36.6. The Balaban J connectivity index is 1.33. The number of rotatable bonds is 4. The molecule has 3 fully saturated rings. The summed E-state index contributed by atoms with van der Waals surface area (Å²) in [6.07, 6.45) is 5.81. The summed E-state index contributed by atoms with van der Waals surface area (Å²) >= 11 is 0. The number of nitrogens with zero attached hydrogens (tertiary/aromatic N) is 1. The first-order valence-electron chi connectivity index (χ1n) is 8.61. The summed E-state index contributed by atoms with van der Waals surface area (Å²) in [6.45, 7) is 1.13. The van der Waals surface area contributed by atoms with Crippen molar-refractivity contribution >= 4 is 17.9 Å². The maximum Gasteiger partial charge on any atom is 0.317 e. The molecule has 0 aromatic heterocycles. The zero-order valence-corrected chi connectivity index (χ0v) is 13.3. The second-order valence-electron chi connectivity index (χ2n) is 7.07. The van der Waals surface area contributed by atoms with Crippen LogP contribution in [0.4, 0.5) is 4.79 Å². The highest BCUT2D eigenvalue weighted by Crippen LogP contribution is 2.27. The molecule has 2 aliphatic carbocycles. The number of hydrogen-bond acceptors (Lipinski definition) is 3. The summed E-state index contributed by atoms with van der Waals surface area (Å²) in [5, 5.41) is 15.0. The van der Waals surface area contributed by atoms with Crippen molar-refractivity contribution in [2.75, 3.05) is 13.1 Å². The Morgan fingerprint density at radius 2 is 1.48 bits per heavy atom. The predicted molar refractivity (Wildman–Crippen MR) is 82.8 cm³/mol. The Hall–Kier alpha value is -1.79. The van der Waals surface area contributed by atoms with E-state index in [2.05, 4.69) is 10.6 Å². The fraction of sp³-hybridized carbons (Fsp3) is 0.812. The Bertz CT molecular complexity index is 478. The molecule has 7 nitrogen and oxygen atoms in total. The molecule has 0 radical (unpaired) electrons. The number of carbonyl (C=O) groups is 3. The highest BCUT2D eigenvalue weighted by Gasteiger charge is 2.35. The highest BCUT2D eigenvalue weighted by molar-refractivity contribution is 5.81. The van der Waals surface area contributed by atoms with Crippen LogP contribution in [0.1, 0.15) is 44.9 Å². The van der Waals surface area contributed by atoms with Crippen LogP contribution < -0.4 is 10.6 Å². The number of carbonyl (C=O) groups excluding carboxylic acids is 2. The predicted octanol–water partition coefficient (Wildman–Crippen LogP) is 0.940. The number of likely N-dealkylation sites (tertiary alicyclic amines) is 1. The van der Waals surface area contributed by atoms with Gasteiger partial charge in [-0.1, -0.05) is 6.42 Å².